The minimum absolute atomic E-state index is 0.119. The van der Waals surface area contributed by atoms with Crippen LogP contribution in [0.3, 0.4) is 0 Å². The van der Waals surface area contributed by atoms with Crippen molar-refractivity contribution in [2.24, 2.45) is 0 Å². The number of phenolic OH excluding ortho intramolecular Hbond substituents is 1. The number of likely N-dealkylation sites (tertiary alicyclic amines) is 1. The summed E-state index contributed by atoms with van der Waals surface area (Å²) in [4.78, 5) is 14.7. The van der Waals surface area contributed by atoms with E-state index in [9.17, 15) is 9.90 Å². The quantitative estimate of drug-likeness (QED) is 0.711. The SMILES string of the molecule is COc1ccccc1-c1coc2c(C[NH+]3[C@H](C)CCC[C@H]3C)c(O)ccc2c1=O. The van der Waals surface area contributed by atoms with Crippen LogP contribution in [0.15, 0.2) is 51.9 Å². The van der Waals surface area contributed by atoms with Crippen molar-refractivity contribution in [3.8, 4) is 22.6 Å². The van der Waals surface area contributed by atoms with E-state index in [0.29, 0.717) is 52.0 Å². The Morgan fingerprint density at radius 3 is 2.55 bits per heavy atom. The van der Waals surface area contributed by atoms with Crippen molar-refractivity contribution in [1.82, 2.24) is 0 Å². The van der Waals surface area contributed by atoms with Crippen molar-refractivity contribution in [1.29, 1.82) is 0 Å². The van der Waals surface area contributed by atoms with Crippen molar-refractivity contribution in [2.45, 2.75) is 51.7 Å². The Kier molecular flexibility index (Phi) is 5.33. The Balaban J connectivity index is 1.83. The number of hydrogen-bond acceptors (Lipinski definition) is 4. The fourth-order valence-electron chi connectivity index (χ4n) is 4.61. The number of piperidine rings is 1. The van der Waals surface area contributed by atoms with Gasteiger partial charge in [0.2, 0.25) is 5.43 Å². The molecule has 3 aromatic rings. The van der Waals surface area contributed by atoms with E-state index in [1.54, 1.807) is 19.2 Å². The molecule has 0 saturated carbocycles. The van der Waals surface area contributed by atoms with Gasteiger partial charge in [-0.25, -0.2) is 0 Å². The summed E-state index contributed by atoms with van der Waals surface area (Å²) >= 11 is 0. The molecule has 2 N–H and O–H groups in total. The fraction of sp³-hybridized carbons (Fsp3) is 0.375. The molecular weight excluding hydrogens is 366 g/mol. The van der Waals surface area contributed by atoms with Gasteiger partial charge in [0.1, 0.15) is 29.9 Å². The van der Waals surface area contributed by atoms with Gasteiger partial charge in [-0.1, -0.05) is 18.2 Å². The number of rotatable bonds is 4. The molecule has 152 valence electrons. The van der Waals surface area contributed by atoms with Crippen molar-refractivity contribution >= 4 is 11.0 Å². The van der Waals surface area contributed by atoms with Gasteiger partial charge < -0.3 is 19.2 Å². The summed E-state index contributed by atoms with van der Waals surface area (Å²) in [6.45, 7) is 5.15. The van der Waals surface area contributed by atoms with E-state index >= 15 is 0 Å². The zero-order valence-corrected chi connectivity index (χ0v) is 17.2. The normalized spacial score (nSPS) is 20.1. The van der Waals surface area contributed by atoms with E-state index in [1.807, 2.05) is 24.3 Å². The van der Waals surface area contributed by atoms with Gasteiger partial charge in [0.05, 0.1) is 35.7 Å². The lowest BCUT2D eigenvalue weighted by molar-refractivity contribution is -0.964. The maximum atomic E-state index is 13.3. The molecule has 0 bridgehead atoms. The number of quaternary nitrogens is 1. The third kappa shape index (κ3) is 3.51. The molecule has 2 aromatic carbocycles. The number of fused-ring (bicyclic) bond motifs is 1. The Hall–Kier alpha value is -2.79. The zero-order chi connectivity index (χ0) is 20.5. The lowest BCUT2D eigenvalue weighted by atomic mass is 9.96. The highest BCUT2D eigenvalue weighted by Gasteiger charge is 2.30. The smallest absolute Gasteiger partial charge is 0.200 e. The van der Waals surface area contributed by atoms with Crippen LogP contribution in [0.25, 0.3) is 22.1 Å². The molecule has 2 atom stereocenters. The summed E-state index contributed by atoms with van der Waals surface area (Å²) in [5.41, 5.74) is 2.22. The van der Waals surface area contributed by atoms with Crippen LogP contribution in [0.1, 0.15) is 38.7 Å². The molecule has 5 nitrogen and oxygen atoms in total. The van der Waals surface area contributed by atoms with E-state index in [-0.39, 0.29) is 11.2 Å². The van der Waals surface area contributed by atoms with Crippen LogP contribution in [-0.2, 0) is 6.54 Å². The van der Waals surface area contributed by atoms with Gasteiger partial charge in [-0.2, -0.15) is 0 Å². The van der Waals surface area contributed by atoms with E-state index in [1.165, 1.54) is 30.4 Å². The topological polar surface area (TPSA) is 64.1 Å². The molecule has 1 saturated heterocycles. The third-order valence-electron chi connectivity index (χ3n) is 6.34. The summed E-state index contributed by atoms with van der Waals surface area (Å²) in [6.07, 6.45) is 5.08. The molecule has 0 unspecified atom stereocenters. The number of benzene rings is 2. The Labute approximate surface area is 170 Å². The lowest BCUT2D eigenvalue weighted by Crippen LogP contribution is -3.18. The minimum atomic E-state index is -0.119. The second kappa shape index (κ2) is 7.91. The number of aromatic hydroxyl groups is 1. The van der Waals surface area contributed by atoms with Crippen LogP contribution in [0.5, 0.6) is 11.5 Å². The third-order valence-corrected chi connectivity index (χ3v) is 6.34. The largest absolute Gasteiger partial charge is 0.507 e. The second-order valence-corrected chi connectivity index (χ2v) is 8.10. The molecule has 0 spiro atoms. The highest BCUT2D eigenvalue weighted by molar-refractivity contribution is 5.86. The van der Waals surface area contributed by atoms with Crippen molar-refractivity contribution in [2.75, 3.05) is 7.11 Å². The summed E-state index contributed by atoms with van der Waals surface area (Å²) in [5.74, 6) is 0.807. The van der Waals surface area contributed by atoms with Gasteiger partial charge in [-0.3, -0.25) is 4.79 Å². The van der Waals surface area contributed by atoms with Crippen molar-refractivity contribution in [3.05, 3.63) is 58.4 Å². The first kappa shape index (κ1) is 19.5. The van der Waals surface area contributed by atoms with E-state index in [2.05, 4.69) is 13.8 Å². The Morgan fingerprint density at radius 2 is 1.83 bits per heavy atom. The molecule has 1 aliphatic rings. The first-order valence-electron chi connectivity index (χ1n) is 10.3. The molecule has 0 amide bonds. The Bertz CT molecular complexity index is 1080. The zero-order valence-electron chi connectivity index (χ0n) is 17.2. The number of methoxy groups -OCH3 is 1. The lowest BCUT2D eigenvalue weighted by Gasteiger charge is -2.36. The molecule has 1 aromatic heterocycles. The van der Waals surface area contributed by atoms with Gasteiger partial charge in [0, 0.05) is 5.56 Å². The summed E-state index contributed by atoms with van der Waals surface area (Å²) in [6, 6.07) is 11.7. The molecule has 0 aliphatic carbocycles. The van der Waals surface area contributed by atoms with E-state index < -0.39 is 0 Å². The van der Waals surface area contributed by atoms with Crippen LogP contribution in [0, 0.1) is 0 Å². The maximum Gasteiger partial charge on any atom is 0.200 e. The van der Waals surface area contributed by atoms with Crippen LogP contribution in [0.4, 0.5) is 0 Å². The van der Waals surface area contributed by atoms with Gasteiger partial charge >= 0.3 is 0 Å². The van der Waals surface area contributed by atoms with Crippen LogP contribution >= 0.6 is 0 Å². The molecule has 4 rings (SSSR count). The molecule has 5 heteroatoms. The highest BCUT2D eigenvalue weighted by atomic mass is 16.5. The second-order valence-electron chi connectivity index (χ2n) is 8.10. The summed E-state index contributed by atoms with van der Waals surface area (Å²) < 4.78 is 11.4. The van der Waals surface area contributed by atoms with Gasteiger partial charge in [-0.15, -0.1) is 0 Å². The summed E-state index contributed by atoms with van der Waals surface area (Å²) in [5, 5.41) is 11.1. The molecule has 1 aliphatic heterocycles. The van der Waals surface area contributed by atoms with Gasteiger partial charge in [0.15, 0.2) is 0 Å². The fourth-order valence-corrected chi connectivity index (χ4v) is 4.61. The van der Waals surface area contributed by atoms with Crippen molar-refractivity contribution in [3.63, 3.8) is 0 Å². The Morgan fingerprint density at radius 1 is 1.10 bits per heavy atom. The standard InChI is InChI=1S/C24H27NO4/c1-15-7-6-8-16(2)25(15)13-19-21(26)12-11-18-23(27)20(14-29-24(18)19)17-9-4-5-10-22(17)28-3/h4-5,9-12,14-16,26H,6-8,13H2,1-3H3/p+1/t15-,16-/m1/s1. The number of hydrogen-bond donors (Lipinski definition) is 2. The number of phenols is 1. The van der Waals surface area contributed by atoms with Gasteiger partial charge in [-0.05, 0) is 51.3 Å². The molecule has 1 fully saturated rings. The van der Waals surface area contributed by atoms with E-state index in [0.717, 1.165) is 0 Å². The predicted molar refractivity (Wildman–Crippen MR) is 114 cm³/mol. The van der Waals surface area contributed by atoms with Crippen LogP contribution in [-0.4, -0.2) is 24.3 Å². The first-order chi connectivity index (χ1) is 14.0. The number of nitrogens with one attached hydrogen (secondary N) is 1. The predicted octanol–water partition coefficient (Wildman–Crippen LogP) is 3.52. The number of para-hydroxylation sites is 1. The average Bonchev–Trinajstić information content (AvgIpc) is 2.72. The molecular formula is C24H28NO4+. The maximum absolute atomic E-state index is 13.3. The van der Waals surface area contributed by atoms with Crippen LogP contribution in [0.2, 0.25) is 0 Å². The van der Waals surface area contributed by atoms with E-state index in [4.69, 9.17) is 9.15 Å². The van der Waals surface area contributed by atoms with Gasteiger partial charge in [0.25, 0.3) is 0 Å². The molecule has 0 radical (unpaired) electrons. The van der Waals surface area contributed by atoms with Crippen LogP contribution < -0.4 is 15.1 Å². The monoisotopic (exact) mass is 394 g/mol. The number of ether oxygens (including phenoxy) is 1. The molecule has 2 heterocycles. The van der Waals surface area contributed by atoms with Crippen molar-refractivity contribution < 1.29 is 19.2 Å². The minimum Gasteiger partial charge on any atom is -0.507 e. The summed E-state index contributed by atoms with van der Waals surface area (Å²) in [7, 11) is 1.58. The highest BCUT2D eigenvalue weighted by Crippen LogP contribution is 2.31. The first-order valence-corrected chi connectivity index (χ1v) is 10.3. The average molecular weight is 394 g/mol. The molecule has 29 heavy (non-hydrogen) atoms.